The minimum Gasteiger partial charge on any atom is -0.393 e. The van der Waals surface area contributed by atoms with Crippen LogP contribution in [0, 0.1) is 11.8 Å². The van der Waals surface area contributed by atoms with Crippen molar-refractivity contribution in [3.63, 3.8) is 0 Å². The molecule has 0 aromatic carbocycles. The summed E-state index contributed by atoms with van der Waals surface area (Å²) in [4.78, 5) is 13.9. The summed E-state index contributed by atoms with van der Waals surface area (Å²) in [5, 5.41) is 0. The van der Waals surface area contributed by atoms with Crippen LogP contribution in [0.4, 0.5) is 0 Å². The van der Waals surface area contributed by atoms with Crippen molar-refractivity contribution >= 4 is 23.1 Å². The van der Waals surface area contributed by atoms with Crippen molar-refractivity contribution < 1.29 is 4.79 Å². The first-order valence-corrected chi connectivity index (χ1v) is 5.51. The lowest BCUT2D eigenvalue weighted by molar-refractivity contribution is -0.132. The van der Waals surface area contributed by atoms with Gasteiger partial charge < -0.3 is 10.6 Å². The molecule has 0 aliphatic heterocycles. The Bertz CT molecular complexity index is 238. The van der Waals surface area contributed by atoms with Crippen molar-refractivity contribution in [1.29, 1.82) is 0 Å². The summed E-state index contributed by atoms with van der Waals surface area (Å²) in [6, 6.07) is 0. The summed E-state index contributed by atoms with van der Waals surface area (Å²) < 4.78 is 0. The Kier molecular flexibility index (Phi) is 3.86. The van der Waals surface area contributed by atoms with Gasteiger partial charge in [0.2, 0.25) is 5.91 Å². The molecule has 1 aliphatic carbocycles. The first-order chi connectivity index (χ1) is 6.56. The Morgan fingerprint density at radius 2 is 2.21 bits per heavy atom. The second kappa shape index (κ2) is 4.73. The van der Waals surface area contributed by atoms with Gasteiger partial charge in [0.05, 0.1) is 10.9 Å². The molecule has 1 atom stereocenters. The quantitative estimate of drug-likeness (QED) is 0.699. The van der Waals surface area contributed by atoms with E-state index in [0.29, 0.717) is 17.3 Å². The van der Waals surface area contributed by atoms with E-state index in [1.54, 1.807) is 4.90 Å². The van der Waals surface area contributed by atoms with E-state index < -0.39 is 0 Å². The number of nitrogens with two attached hydrogens (primary N) is 1. The monoisotopic (exact) mass is 214 g/mol. The fourth-order valence-corrected chi connectivity index (χ4v) is 1.81. The molecule has 0 radical (unpaired) electrons. The number of amides is 1. The van der Waals surface area contributed by atoms with E-state index in [2.05, 4.69) is 0 Å². The lowest BCUT2D eigenvalue weighted by Crippen LogP contribution is -2.39. The number of hydrogen-bond donors (Lipinski definition) is 1. The van der Waals surface area contributed by atoms with Crippen LogP contribution in [0.25, 0.3) is 0 Å². The molecule has 1 aliphatic rings. The van der Waals surface area contributed by atoms with Gasteiger partial charge in [-0.3, -0.25) is 4.79 Å². The topological polar surface area (TPSA) is 46.3 Å². The third-order valence-electron chi connectivity index (χ3n) is 2.65. The third-order valence-corrected chi connectivity index (χ3v) is 2.94. The van der Waals surface area contributed by atoms with E-state index in [4.69, 9.17) is 18.0 Å². The van der Waals surface area contributed by atoms with E-state index >= 15 is 0 Å². The van der Waals surface area contributed by atoms with Gasteiger partial charge in [0.15, 0.2) is 0 Å². The van der Waals surface area contributed by atoms with Gasteiger partial charge in [-0.05, 0) is 25.2 Å². The zero-order valence-electron chi connectivity index (χ0n) is 8.82. The summed E-state index contributed by atoms with van der Waals surface area (Å²) in [7, 11) is 1.83. The van der Waals surface area contributed by atoms with Crippen molar-refractivity contribution in [1.82, 2.24) is 4.90 Å². The van der Waals surface area contributed by atoms with Crippen molar-refractivity contribution in [2.75, 3.05) is 13.6 Å². The second-order valence-electron chi connectivity index (χ2n) is 4.03. The van der Waals surface area contributed by atoms with Crippen molar-refractivity contribution in [3.05, 3.63) is 0 Å². The molecule has 0 heterocycles. The predicted molar refractivity (Wildman–Crippen MR) is 60.9 cm³/mol. The molecule has 0 saturated heterocycles. The molecule has 3 nitrogen and oxygen atoms in total. The summed E-state index contributed by atoms with van der Waals surface area (Å²) >= 11 is 4.87. The zero-order valence-corrected chi connectivity index (χ0v) is 9.64. The molecule has 1 amide bonds. The van der Waals surface area contributed by atoms with Crippen LogP contribution in [-0.2, 0) is 4.79 Å². The molecule has 80 valence electrons. The van der Waals surface area contributed by atoms with Gasteiger partial charge in [0.1, 0.15) is 0 Å². The summed E-state index contributed by atoms with van der Waals surface area (Å²) in [6.07, 6.45) is 3.20. The SMILES string of the molecule is CCC(C(=O)N(C)CC1CC1)C(N)=S. The van der Waals surface area contributed by atoms with Crippen molar-refractivity contribution in [3.8, 4) is 0 Å². The van der Waals surface area contributed by atoms with Crippen LogP contribution >= 0.6 is 12.2 Å². The van der Waals surface area contributed by atoms with E-state index in [-0.39, 0.29) is 11.8 Å². The average molecular weight is 214 g/mol. The zero-order chi connectivity index (χ0) is 10.7. The standard InChI is InChI=1S/C10H18N2OS/c1-3-8(9(11)14)10(13)12(2)6-7-4-5-7/h7-8H,3-6H2,1-2H3,(H2,11,14). The van der Waals surface area contributed by atoms with Gasteiger partial charge in [0, 0.05) is 13.6 Å². The molecule has 0 spiro atoms. The molecule has 0 aromatic rings. The number of hydrogen-bond acceptors (Lipinski definition) is 2. The van der Waals surface area contributed by atoms with Crippen molar-refractivity contribution in [2.45, 2.75) is 26.2 Å². The van der Waals surface area contributed by atoms with Crippen LogP contribution in [0.3, 0.4) is 0 Å². The molecule has 1 unspecified atom stereocenters. The largest absolute Gasteiger partial charge is 0.393 e. The normalized spacial score (nSPS) is 17.6. The highest BCUT2D eigenvalue weighted by Crippen LogP contribution is 2.29. The molecule has 1 fully saturated rings. The highest BCUT2D eigenvalue weighted by Gasteiger charge is 2.28. The lowest BCUT2D eigenvalue weighted by Gasteiger charge is -2.22. The first-order valence-electron chi connectivity index (χ1n) is 5.10. The number of nitrogens with zero attached hydrogens (tertiary/aromatic N) is 1. The van der Waals surface area contributed by atoms with Crippen LogP contribution in [0.1, 0.15) is 26.2 Å². The van der Waals surface area contributed by atoms with Crippen molar-refractivity contribution in [2.24, 2.45) is 17.6 Å². The Hall–Kier alpha value is -0.640. The number of carbonyl (C=O) groups is 1. The molecule has 2 N–H and O–H groups in total. The predicted octanol–water partition coefficient (Wildman–Crippen LogP) is 1.17. The number of thiocarbonyl (C=S) groups is 1. The molecule has 1 saturated carbocycles. The van der Waals surface area contributed by atoms with Crippen LogP contribution in [0.2, 0.25) is 0 Å². The minimum atomic E-state index is -0.270. The number of rotatable bonds is 5. The Balaban J connectivity index is 2.47. The summed E-state index contributed by atoms with van der Waals surface area (Å²) in [6.45, 7) is 2.80. The maximum Gasteiger partial charge on any atom is 0.232 e. The average Bonchev–Trinajstić information content (AvgIpc) is 2.88. The highest BCUT2D eigenvalue weighted by atomic mass is 32.1. The first kappa shape index (κ1) is 11.4. The minimum absolute atomic E-state index is 0.0758. The second-order valence-corrected chi connectivity index (χ2v) is 4.50. The van der Waals surface area contributed by atoms with Gasteiger partial charge in [-0.15, -0.1) is 0 Å². The maximum absolute atomic E-state index is 11.8. The van der Waals surface area contributed by atoms with E-state index in [9.17, 15) is 4.79 Å². The Morgan fingerprint density at radius 3 is 2.57 bits per heavy atom. The Morgan fingerprint density at radius 1 is 1.64 bits per heavy atom. The molecule has 14 heavy (non-hydrogen) atoms. The van der Waals surface area contributed by atoms with Gasteiger partial charge in [0.25, 0.3) is 0 Å². The lowest BCUT2D eigenvalue weighted by atomic mass is 10.1. The van der Waals surface area contributed by atoms with E-state index in [1.165, 1.54) is 12.8 Å². The highest BCUT2D eigenvalue weighted by molar-refractivity contribution is 7.80. The smallest absolute Gasteiger partial charge is 0.232 e. The summed E-state index contributed by atoms with van der Waals surface area (Å²) in [5.74, 6) is 0.522. The van der Waals surface area contributed by atoms with E-state index in [1.807, 2.05) is 14.0 Å². The van der Waals surface area contributed by atoms with Gasteiger partial charge >= 0.3 is 0 Å². The molecule has 4 heteroatoms. The molecular formula is C10H18N2OS. The molecule has 1 rings (SSSR count). The molecule has 0 bridgehead atoms. The third kappa shape index (κ3) is 2.94. The van der Waals surface area contributed by atoms with Crippen LogP contribution in [0.5, 0.6) is 0 Å². The molecular weight excluding hydrogens is 196 g/mol. The van der Waals surface area contributed by atoms with Gasteiger partial charge in [-0.1, -0.05) is 19.1 Å². The fraction of sp³-hybridized carbons (Fsp3) is 0.800. The Labute approximate surface area is 90.6 Å². The van der Waals surface area contributed by atoms with E-state index in [0.717, 1.165) is 6.54 Å². The van der Waals surface area contributed by atoms with Crippen LogP contribution in [0.15, 0.2) is 0 Å². The van der Waals surface area contributed by atoms with Gasteiger partial charge in [-0.25, -0.2) is 0 Å². The van der Waals surface area contributed by atoms with Gasteiger partial charge in [-0.2, -0.15) is 0 Å². The fourth-order valence-electron chi connectivity index (χ4n) is 1.54. The summed E-state index contributed by atoms with van der Waals surface area (Å²) in [5.41, 5.74) is 5.52. The number of carbonyl (C=O) groups excluding carboxylic acids is 1. The molecule has 0 aromatic heterocycles. The maximum atomic E-state index is 11.8. The van der Waals surface area contributed by atoms with Crippen LogP contribution < -0.4 is 5.73 Å². The van der Waals surface area contributed by atoms with Crippen LogP contribution in [-0.4, -0.2) is 29.4 Å².